The van der Waals surface area contributed by atoms with Crippen molar-refractivity contribution in [1.29, 1.82) is 0 Å². The number of hydrogen-bond donors (Lipinski definition) is 1. The molecule has 3 aromatic rings. The van der Waals surface area contributed by atoms with Gasteiger partial charge in [0.25, 0.3) is 5.91 Å². The van der Waals surface area contributed by atoms with Crippen molar-refractivity contribution in [2.75, 3.05) is 13.1 Å². The molecule has 28 heavy (non-hydrogen) atoms. The molecule has 0 saturated carbocycles. The maximum Gasteiger partial charge on any atom is 0.261 e. The molecule has 0 atom stereocenters. The highest BCUT2D eigenvalue weighted by Crippen LogP contribution is 2.34. The lowest BCUT2D eigenvalue weighted by atomic mass is 9.92. The van der Waals surface area contributed by atoms with Crippen LogP contribution in [0.2, 0.25) is 0 Å². The Hall–Kier alpha value is -2.25. The van der Waals surface area contributed by atoms with E-state index >= 15 is 0 Å². The average Bonchev–Trinajstić information content (AvgIpc) is 3.34. The molecule has 4 rings (SSSR count). The number of rotatable bonds is 4. The van der Waals surface area contributed by atoms with Gasteiger partial charge in [-0.05, 0) is 76.4 Å². The van der Waals surface area contributed by atoms with E-state index in [-0.39, 0.29) is 11.4 Å². The lowest BCUT2D eigenvalue weighted by Crippen LogP contribution is -2.45. The zero-order valence-corrected chi connectivity index (χ0v) is 17.5. The van der Waals surface area contributed by atoms with Crippen LogP contribution >= 0.6 is 11.3 Å². The first-order valence-corrected chi connectivity index (χ1v) is 10.6. The number of nitrogens with zero attached hydrogens (tertiary/aromatic N) is 4. The highest BCUT2D eigenvalue weighted by molar-refractivity contribution is 7.14. The minimum absolute atomic E-state index is 0.0120. The molecule has 1 aliphatic rings. The van der Waals surface area contributed by atoms with Gasteiger partial charge in [-0.2, -0.15) is 5.10 Å². The maximum absolute atomic E-state index is 12.6. The number of thiophene rings is 1. The number of fused-ring (bicyclic) bond motifs is 1. The van der Waals surface area contributed by atoms with Gasteiger partial charge in [0.2, 0.25) is 0 Å². The van der Waals surface area contributed by atoms with Gasteiger partial charge < -0.3 is 5.32 Å². The quantitative estimate of drug-likeness (QED) is 0.729. The Morgan fingerprint density at radius 3 is 2.75 bits per heavy atom. The first-order chi connectivity index (χ1) is 13.4. The van der Waals surface area contributed by atoms with E-state index in [0.717, 1.165) is 42.0 Å². The first kappa shape index (κ1) is 19.1. The Labute approximate surface area is 169 Å². The predicted octanol–water partition coefficient (Wildman–Crippen LogP) is 3.70. The molecule has 7 heteroatoms. The number of aromatic nitrogens is 3. The topological polar surface area (TPSA) is 62.5 Å². The van der Waals surface area contributed by atoms with Gasteiger partial charge in [0.1, 0.15) is 6.33 Å². The van der Waals surface area contributed by atoms with Crippen molar-refractivity contribution in [3.8, 4) is 0 Å². The highest BCUT2D eigenvalue weighted by atomic mass is 32.1. The van der Waals surface area contributed by atoms with Crippen LogP contribution in [-0.2, 0) is 6.54 Å². The predicted molar refractivity (Wildman–Crippen MR) is 112 cm³/mol. The molecule has 6 nitrogen and oxygen atoms in total. The molecule has 1 saturated heterocycles. The standard InChI is InChI=1S/C21H27N5OS/c1-21(2,3)25-10-8-16(9-11-25)17-5-6-18(28-17)20(27)22-12-15-4-7-19-23-14-24-26(19)13-15/h4-7,13-14,16H,8-12H2,1-3H3,(H,22,27). The minimum Gasteiger partial charge on any atom is -0.347 e. The molecule has 1 N–H and O–H groups in total. The maximum atomic E-state index is 12.6. The molecule has 0 aromatic carbocycles. The molecule has 3 aromatic heterocycles. The molecule has 0 radical (unpaired) electrons. The van der Waals surface area contributed by atoms with E-state index in [2.05, 4.69) is 47.1 Å². The molecule has 0 spiro atoms. The van der Waals surface area contributed by atoms with Gasteiger partial charge >= 0.3 is 0 Å². The smallest absolute Gasteiger partial charge is 0.261 e. The van der Waals surface area contributed by atoms with Gasteiger partial charge in [-0.25, -0.2) is 9.50 Å². The number of carbonyl (C=O) groups excluding carboxylic acids is 1. The molecule has 1 amide bonds. The molecule has 148 valence electrons. The fourth-order valence-electron chi connectivity index (χ4n) is 3.76. The summed E-state index contributed by atoms with van der Waals surface area (Å²) in [6.45, 7) is 9.56. The number of amides is 1. The average molecular weight is 398 g/mol. The summed E-state index contributed by atoms with van der Waals surface area (Å²) in [7, 11) is 0. The third-order valence-corrected chi connectivity index (χ3v) is 6.73. The van der Waals surface area contributed by atoms with Gasteiger partial charge in [0.15, 0.2) is 5.65 Å². The second-order valence-electron chi connectivity index (χ2n) is 8.42. The van der Waals surface area contributed by atoms with E-state index in [1.54, 1.807) is 15.9 Å². The summed E-state index contributed by atoms with van der Waals surface area (Å²) in [6, 6.07) is 7.97. The first-order valence-electron chi connectivity index (χ1n) is 9.81. The minimum atomic E-state index is -0.0120. The van der Waals surface area contributed by atoms with Crippen LogP contribution in [0.25, 0.3) is 5.65 Å². The van der Waals surface area contributed by atoms with E-state index in [9.17, 15) is 4.79 Å². The number of carbonyl (C=O) groups is 1. The molecule has 4 heterocycles. The van der Waals surface area contributed by atoms with E-state index in [0.29, 0.717) is 12.5 Å². The Balaban J connectivity index is 1.34. The third kappa shape index (κ3) is 4.10. The van der Waals surface area contributed by atoms with Crippen molar-refractivity contribution in [3.05, 3.63) is 52.1 Å². The van der Waals surface area contributed by atoms with Crippen LogP contribution in [0.4, 0.5) is 0 Å². The summed E-state index contributed by atoms with van der Waals surface area (Å²) in [5.41, 5.74) is 2.04. The van der Waals surface area contributed by atoms with Gasteiger partial charge in [-0.15, -0.1) is 11.3 Å². The number of pyridine rings is 1. The Bertz CT molecular complexity index is 962. The molecule has 0 bridgehead atoms. The van der Waals surface area contributed by atoms with Crippen LogP contribution in [0.5, 0.6) is 0 Å². The molecule has 0 aliphatic carbocycles. The van der Waals surface area contributed by atoms with Crippen LogP contribution in [-0.4, -0.2) is 44.0 Å². The second-order valence-corrected chi connectivity index (χ2v) is 9.53. The van der Waals surface area contributed by atoms with E-state index in [1.165, 1.54) is 11.2 Å². The Kier molecular flexibility index (Phi) is 5.21. The van der Waals surface area contributed by atoms with Crippen molar-refractivity contribution >= 4 is 22.9 Å². The van der Waals surface area contributed by atoms with Crippen molar-refractivity contribution in [2.24, 2.45) is 0 Å². The molecular weight excluding hydrogens is 370 g/mol. The zero-order chi connectivity index (χ0) is 19.7. The summed E-state index contributed by atoms with van der Waals surface area (Å²) in [5.74, 6) is 0.557. The lowest BCUT2D eigenvalue weighted by Gasteiger charge is -2.40. The van der Waals surface area contributed by atoms with E-state index in [1.807, 2.05) is 24.4 Å². The number of nitrogens with one attached hydrogen (secondary N) is 1. The van der Waals surface area contributed by atoms with Crippen molar-refractivity contribution in [3.63, 3.8) is 0 Å². The normalized spacial score (nSPS) is 16.5. The third-order valence-electron chi connectivity index (χ3n) is 5.49. The SMILES string of the molecule is CC(C)(C)N1CCC(c2ccc(C(=O)NCc3ccc4ncnn4c3)s2)CC1. The summed E-state index contributed by atoms with van der Waals surface area (Å²) >= 11 is 1.64. The van der Waals surface area contributed by atoms with Crippen LogP contribution in [0.1, 0.15) is 59.6 Å². The molecule has 1 fully saturated rings. The van der Waals surface area contributed by atoms with E-state index < -0.39 is 0 Å². The van der Waals surface area contributed by atoms with Crippen molar-refractivity contribution < 1.29 is 4.79 Å². The van der Waals surface area contributed by atoms with Gasteiger partial charge in [-0.1, -0.05) is 6.07 Å². The zero-order valence-electron chi connectivity index (χ0n) is 16.7. The summed E-state index contributed by atoms with van der Waals surface area (Å²) in [6.07, 6.45) is 5.75. The Morgan fingerprint density at radius 2 is 2.00 bits per heavy atom. The van der Waals surface area contributed by atoms with E-state index in [4.69, 9.17) is 0 Å². The number of hydrogen-bond acceptors (Lipinski definition) is 5. The van der Waals surface area contributed by atoms with Gasteiger partial charge in [0.05, 0.1) is 4.88 Å². The molecular formula is C21H27N5OS. The van der Waals surface area contributed by atoms with Gasteiger partial charge in [0, 0.05) is 23.2 Å². The summed E-state index contributed by atoms with van der Waals surface area (Å²) in [5, 5.41) is 7.15. The van der Waals surface area contributed by atoms with Crippen LogP contribution in [0, 0.1) is 0 Å². The Morgan fingerprint density at radius 1 is 1.21 bits per heavy atom. The molecule has 1 aliphatic heterocycles. The fraction of sp³-hybridized carbons (Fsp3) is 0.476. The summed E-state index contributed by atoms with van der Waals surface area (Å²) in [4.78, 5) is 21.4. The number of likely N-dealkylation sites (tertiary alicyclic amines) is 1. The monoisotopic (exact) mass is 397 g/mol. The number of piperidine rings is 1. The van der Waals surface area contributed by atoms with Crippen molar-refractivity contribution in [1.82, 2.24) is 24.8 Å². The lowest BCUT2D eigenvalue weighted by molar-refractivity contribution is 0.0955. The van der Waals surface area contributed by atoms with Crippen LogP contribution in [0.15, 0.2) is 36.8 Å². The largest absolute Gasteiger partial charge is 0.347 e. The highest BCUT2D eigenvalue weighted by Gasteiger charge is 2.28. The van der Waals surface area contributed by atoms with Crippen molar-refractivity contribution in [2.45, 2.75) is 51.6 Å². The van der Waals surface area contributed by atoms with Gasteiger partial charge in [-0.3, -0.25) is 9.69 Å². The second kappa shape index (κ2) is 7.64. The summed E-state index contributed by atoms with van der Waals surface area (Å²) < 4.78 is 1.72. The van der Waals surface area contributed by atoms with Crippen LogP contribution in [0.3, 0.4) is 0 Å². The van der Waals surface area contributed by atoms with Crippen LogP contribution < -0.4 is 5.32 Å². The molecule has 0 unspecified atom stereocenters. The fourth-order valence-corrected chi connectivity index (χ4v) is 4.86.